The highest BCUT2D eigenvalue weighted by Gasteiger charge is 2.33. The summed E-state index contributed by atoms with van der Waals surface area (Å²) in [6.45, 7) is 1.51. The molecule has 0 bridgehead atoms. The van der Waals surface area contributed by atoms with Crippen LogP contribution < -0.4 is 0 Å². The topological polar surface area (TPSA) is 40.5 Å². The van der Waals surface area contributed by atoms with E-state index in [4.69, 9.17) is 0 Å². The van der Waals surface area contributed by atoms with Gasteiger partial charge in [-0.3, -0.25) is 9.69 Å². The summed E-state index contributed by atoms with van der Waals surface area (Å²) in [4.78, 5) is 14.1. The quantitative estimate of drug-likeness (QED) is 0.460. The first-order valence-corrected chi connectivity index (χ1v) is 11.0. The van der Waals surface area contributed by atoms with Crippen LogP contribution in [0.2, 0.25) is 0 Å². The molecule has 3 nitrogen and oxygen atoms in total. The lowest BCUT2D eigenvalue weighted by atomic mass is 9.89. The number of aliphatic carboxylic acids is 1. The summed E-state index contributed by atoms with van der Waals surface area (Å²) in [5.74, 6) is -0.979. The molecule has 0 radical (unpaired) electrons. The normalized spacial score (nSPS) is 18.8. The van der Waals surface area contributed by atoms with Crippen molar-refractivity contribution in [1.29, 1.82) is 0 Å². The highest BCUT2D eigenvalue weighted by Crippen LogP contribution is 2.41. The van der Waals surface area contributed by atoms with E-state index in [0.29, 0.717) is 6.54 Å². The number of carbonyl (C=O) groups is 1. The number of piperidine rings is 1. The van der Waals surface area contributed by atoms with Gasteiger partial charge in [0.2, 0.25) is 0 Å². The van der Waals surface area contributed by atoms with Crippen LogP contribution in [0.3, 0.4) is 0 Å². The molecule has 4 heteroatoms. The molecular weight excluding hydrogens is 378 g/mol. The van der Waals surface area contributed by atoms with Crippen molar-refractivity contribution >= 4 is 38.2 Å². The Balaban J connectivity index is 1.70. The predicted molar refractivity (Wildman–Crippen MR) is 120 cm³/mol. The molecule has 4 aromatic rings. The molecule has 0 saturated carbocycles. The van der Waals surface area contributed by atoms with E-state index in [-0.39, 0.29) is 12.0 Å². The van der Waals surface area contributed by atoms with Crippen LogP contribution in [-0.4, -0.2) is 29.1 Å². The van der Waals surface area contributed by atoms with E-state index in [1.165, 1.54) is 32.0 Å². The molecular formula is C25H23NO2S. The van der Waals surface area contributed by atoms with Gasteiger partial charge in [-0.1, -0.05) is 60.7 Å². The fraction of sp³-hybridized carbons (Fsp3) is 0.240. The Morgan fingerprint density at radius 3 is 2.59 bits per heavy atom. The van der Waals surface area contributed by atoms with Crippen molar-refractivity contribution in [2.75, 3.05) is 13.1 Å². The van der Waals surface area contributed by atoms with Gasteiger partial charge in [0.15, 0.2) is 0 Å². The van der Waals surface area contributed by atoms with Crippen molar-refractivity contribution in [3.8, 4) is 0 Å². The molecule has 0 aliphatic carbocycles. The molecule has 2 atom stereocenters. The Morgan fingerprint density at radius 1 is 0.966 bits per heavy atom. The zero-order valence-corrected chi connectivity index (χ0v) is 16.9. The number of hydrogen-bond donors (Lipinski definition) is 1. The second-order valence-corrected chi connectivity index (χ2v) is 8.74. The molecule has 0 spiro atoms. The van der Waals surface area contributed by atoms with Gasteiger partial charge in [0.05, 0.1) is 12.0 Å². The summed E-state index contributed by atoms with van der Waals surface area (Å²) >= 11 is 1.77. The van der Waals surface area contributed by atoms with Crippen LogP contribution in [0.1, 0.15) is 30.0 Å². The molecule has 2 heterocycles. The zero-order chi connectivity index (χ0) is 19.8. The highest BCUT2D eigenvalue weighted by molar-refractivity contribution is 7.17. The standard InChI is InChI=1S/C25H23NO2S/c27-25(28)18-9-6-14-26(15-18)24(22-16-29-23-13-4-3-11-20(22)23)21-12-5-8-17-7-1-2-10-19(17)21/h1-5,7-8,10-13,16,18,24H,6,9,14-15H2,(H,27,28). The number of benzene rings is 3. The van der Waals surface area contributed by atoms with Gasteiger partial charge in [-0.2, -0.15) is 0 Å². The van der Waals surface area contributed by atoms with E-state index in [2.05, 4.69) is 77.0 Å². The van der Waals surface area contributed by atoms with Crippen molar-refractivity contribution < 1.29 is 9.90 Å². The fourth-order valence-electron chi connectivity index (χ4n) is 4.70. The number of carboxylic acid groups (broad SMARTS) is 1. The molecule has 1 saturated heterocycles. The molecule has 146 valence electrons. The van der Waals surface area contributed by atoms with Crippen LogP contribution in [0, 0.1) is 5.92 Å². The minimum atomic E-state index is -0.679. The van der Waals surface area contributed by atoms with Gasteiger partial charge in [-0.25, -0.2) is 0 Å². The molecule has 1 N–H and O–H groups in total. The van der Waals surface area contributed by atoms with E-state index < -0.39 is 5.97 Å². The maximum atomic E-state index is 11.7. The third-order valence-electron chi connectivity index (χ3n) is 6.09. The summed E-state index contributed by atoms with van der Waals surface area (Å²) < 4.78 is 1.28. The summed E-state index contributed by atoms with van der Waals surface area (Å²) in [5, 5.41) is 15.7. The Labute approximate surface area is 174 Å². The minimum Gasteiger partial charge on any atom is -0.481 e. The molecule has 5 rings (SSSR count). The second kappa shape index (κ2) is 7.62. The number of nitrogens with zero attached hydrogens (tertiary/aromatic N) is 1. The van der Waals surface area contributed by atoms with Gasteiger partial charge in [0.25, 0.3) is 0 Å². The predicted octanol–water partition coefficient (Wildman–Crippen LogP) is 5.94. The van der Waals surface area contributed by atoms with Gasteiger partial charge < -0.3 is 5.11 Å². The molecule has 1 aliphatic heterocycles. The number of thiophene rings is 1. The first-order chi connectivity index (χ1) is 14.2. The van der Waals surface area contributed by atoms with Gasteiger partial charge >= 0.3 is 5.97 Å². The Hall–Kier alpha value is -2.69. The number of fused-ring (bicyclic) bond motifs is 2. The van der Waals surface area contributed by atoms with Gasteiger partial charge in [-0.15, -0.1) is 11.3 Å². The zero-order valence-electron chi connectivity index (χ0n) is 16.1. The third kappa shape index (κ3) is 3.33. The van der Waals surface area contributed by atoms with Crippen LogP contribution in [0.15, 0.2) is 72.1 Å². The number of hydrogen-bond acceptors (Lipinski definition) is 3. The van der Waals surface area contributed by atoms with Crippen molar-refractivity contribution in [2.24, 2.45) is 5.92 Å². The van der Waals surface area contributed by atoms with Crippen LogP contribution in [0.5, 0.6) is 0 Å². The largest absolute Gasteiger partial charge is 0.481 e. The van der Waals surface area contributed by atoms with Crippen molar-refractivity contribution in [3.63, 3.8) is 0 Å². The summed E-state index contributed by atoms with van der Waals surface area (Å²) in [5.41, 5.74) is 2.55. The summed E-state index contributed by atoms with van der Waals surface area (Å²) in [6.07, 6.45) is 1.68. The second-order valence-electron chi connectivity index (χ2n) is 7.83. The van der Waals surface area contributed by atoms with E-state index in [9.17, 15) is 9.90 Å². The smallest absolute Gasteiger partial charge is 0.307 e. The lowest BCUT2D eigenvalue weighted by Gasteiger charge is -2.38. The van der Waals surface area contributed by atoms with Gasteiger partial charge in [0, 0.05) is 11.2 Å². The molecule has 3 aromatic carbocycles. The fourth-order valence-corrected chi connectivity index (χ4v) is 5.68. The SMILES string of the molecule is O=C(O)C1CCCN(C(c2cccc3ccccc23)c2csc3ccccc23)C1. The van der Waals surface area contributed by atoms with E-state index in [0.717, 1.165) is 19.4 Å². The van der Waals surface area contributed by atoms with Crippen LogP contribution in [0.25, 0.3) is 20.9 Å². The molecule has 1 aromatic heterocycles. The number of likely N-dealkylation sites (tertiary alicyclic amines) is 1. The minimum absolute atomic E-state index is 0.0550. The first kappa shape index (κ1) is 18.3. The Morgan fingerprint density at radius 2 is 1.72 bits per heavy atom. The number of carboxylic acids is 1. The molecule has 29 heavy (non-hydrogen) atoms. The highest BCUT2D eigenvalue weighted by atomic mass is 32.1. The molecule has 0 amide bonds. The van der Waals surface area contributed by atoms with Crippen molar-refractivity contribution in [3.05, 3.63) is 83.2 Å². The average Bonchev–Trinajstić information content (AvgIpc) is 3.18. The summed E-state index contributed by atoms with van der Waals surface area (Å²) in [6, 6.07) is 23.6. The van der Waals surface area contributed by atoms with E-state index in [1.807, 2.05) is 0 Å². The van der Waals surface area contributed by atoms with Gasteiger partial charge in [-0.05, 0) is 58.1 Å². The average molecular weight is 402 g/mol. The molecule has 1 fully saturated rings. The van der Waals surface area contributed by atoms with E-state index in [1.54, 1.807) is 11.3 Å². The first-order valence-electron chi connectivity index (χ1n) is 10.1. The van der Waals surface area contributed by atoms with Crippen molar-refractivity contribution in [2.45, 2.75) is 18.9 Å². The molecule has 2 unspecified atom stereocenters. The maximum absolute atomic E-state index is 11.7. The monoisotopic (exact) mass is 401 g/mol. The van der Waals surface area contributed by atoms with Crippen LogP contribution in [-0.2, 0) is 4.79 Å². The number of rotatable bonds is 4. The van der Waals surface area contributed by atoms with Gasteiger partial charge in [0.1, 0.15) is 0 Å². The van der Waals surface area contributed by atoms with Crippen LogP contribution >= 0.6 is 11.3 Å². The third-order valence-corrected chi connectivity index (χ3v) is 7.07. The van der Waals surface area contributed by atoms with Crippen LogP contribution in [0.4, 0.5) is 0 Å². The molecule has 1 aliphatic rings. The van der Waals surface area contributed by atoms with Crippen molar-refractivity contribution in [1.82, 2.24) is 4.90 Å². The summed E-state index contributed by atoms with van der Waals surface area (Å²) in [7, 11) is 0. The van der Waals surface area contributed by atoms with E-state index >= 15 is 0 Å². The lowest BCUT2D eigenvalue weighted by molar-refractivity contribution is -0.143. The Bertz CT molecular complexity index is 1180. The Kier molecular flexibility index (Phi) is 4.82. The lowest BCUT2D eigenvalue weighted by Crippen LogP contribution is -2.41. The maximum Gasteiger partial charge on any atom is 0.307 e.